The van der Waals surface area contributed by atoms with Crippen LogP contribution >= 0.6 is 0 Å². The number of nitrogens with one attached hydrogen (secondary N) is 2. The van der Waals surface area contributed by atoms with Crippen LogP contribution in [0.2, 0.25) is 0 Å². The quantitative estimate of drug-likeness (QED) is 0.408. The normalized spacial score (nSPS) is 15.5. The number of hydrogen-bond donors (Lipinski definition) is 4. The second-order valence-electron chi connectivity index (χ2n) is 5.64. The summed E-state index contributed by atoms with van der Waals surface area (Å²) in [5, 5.41) is 28.3. The second kappa shape index (κ2) is 10.3. The van der Waals surface area contributed by atoms with Crippen LogP contribution in [0, 0.1) is 0 Å². The van der Waals surface area contributed by atoms with E-state index in [1.165, 1.54) is 20.2 Å². The molecule has 7 nitrogen and oxygen atoms in total. The van der Waals surface area contributed by atoms with Crippen molar-refractivity contribution in [3.63, 3.8) is 0 Å². The highest BCUT2D eigenvalue weighted by Crippen LogP contribution is 2.09. The summed E-state index contributed by atoms with van der Waals surface area (Å²) in [5.41, 5.74) is 7.69. The maximum absolute atomic E-state index is 10.2. The maximum atomic E-state index is 10.2. The minimum atomic E-state index is -1.15. The number of rotatable bonds is 9. The van der Waals surface area contributed by atoms with Crippen LogP contribution in [0.4, 0.5) is 11.4 Å². The van der Waals surface area contributed by atoms with Crippen molar-refractivity contribution in [3.8, 4) is 0 Å². The number of aliphatic hydroxyl groups excluding tert-OH is 2. The SMILES string of the molecule is CO[C@H](C(/C=N/Nc1ccccc1)=N\Nc1ccccc1)[C@@H](O)[C@@H](C)O. The fourth-order valence-corrected chi connectivity index (χ4v) is 2.18. The maximum Gasteiger partial charge on any atom is 0.131 e. The topological polar surface area (TPSA) is 98.5 Å². The monoisotopic (exact) mass is 356 g/mol. The molecule has 2 rings (SSSR count). The molecule has 0 aliphatic carbocycles. The Morgan fingerprint density at radius 2 is 1.50 bits per heavy atom. The summed E-state index contributed by atoms with van der Waals surface area (Å²) in [6.45, 7) is 1.48. The first-order valence-corrected chi connectivity index (χ1v) is 8.23. The summed E-state index contributed by atoms with van der Waals surface area (Å²) in [7, 11) is 1.44. The highest BCUT2D eigenvalue weighted by atomic mass is 16.5. The van der Waals surface area contributed by atoms with E-state index in [9.17, 15) is 10.2 Å². The first kappa shape index (κ1) is 19.6. The van der Waals surface area contributed by atoms with Gasteiger partial charge < -0.3 is 14.9 Å². The zero-order valence-electron chi connectivity index (χ0n) is 14.8. The van der Waals surface area contributed by atoms with Crippen molar-refractivity contribution >= 4 is 23.3 Å². The average Bonchev–Trinajstić information content (AvgIpc) is 2.67. The third kappa shape index (κ3) is 5.96. The summed E-state index contributed by atoms with van der Waals surface area (Å²) in [6, 6.07) is 18.8. The molecule has 0 aliphatic heterocycles. The van der Waals surface area contributed by atoms with Gasteiger partial charge in [-0.3, -0.25) is 10.9 Å². The van der Waals surface area contributed by atoms with Gasteiger partial charge in [0.2, 0.25) is 0 Å². The predicted molar refractivity (Wildman–Crippen MR) is 105 cm³/mol. The van der Waals surface area contributed by atoms with Crippen molar-refractivity contribution in [3.05, 3.63) is 60.7 Å². The molecule has 0 heterocycles. The van der Waals surface area contributed by atoms with Crippen LogP contribution in [0.3, 0.4) is 0 Å². The largest absolute Gasteiger partial charge is 0.391 e. The van der Waals surface area contributed by atoms with Gasteiger partial charge >= 0.3 is 0 Å². The standard InChI is InChI=1S/C19H24N4O3/c1-14(24)18(25)19(26-2)17(23-22-16-11-7-4-8-12-16)13-20-21-15-9-5-3-6-10-15/h3-14,18-19,21-22,24-25H,1-2H3/b20-13+,23-17-/t14-,18+,19-/m1/s1. The Morgan fingerprint density at radius 3 is 2.00 bits per heavy atom. The molecule has 0 radical (unpaired) electrons. The molecule has 0 saturated heterocycles. The molecule has 0 aliphatic rings. The number of methoxy groups -OCH3 is 1. The lowest BCUT2D eigenvalue weighted by atomic mass is 10.1. The molecule has 7 heteroatoms. The molecule has 2 aromatic rings. The van der Waals surface area contributed by atoms with E-state index in [2.05, 4.69) is 21.1 Å². The van der Waals surface area contributed by atoms with Gasteiger partial charge in [0.1, 0.15) is 17.9 Å². The van der Waals surface area contributed by atoms with Crippen molar-refractivity contribution in [2.24, 2.45) is 10.2 Å². The van der Waals surface area contributed by atoms with E-state index in [4.69, 9.17) is 4.74 Å². The number of para-hydroxylation sites is 2. The molecule has 0 spiro atoms. The first-order chi connectivity index (χ1) is 12.6. The van der Waals surface area contributed by atoms with E-state index < -0.39 is 18.3 Å². The Balaban J connectivity index is 2.19. The molecule has 0 amide bonds. The van der Waals surface area contributed by atoms with Gasteiger partial charge in [0.15, 0.2) is 0 Å². The van der Waals surface area contributed by atoms with Crippen LogP contribution < -0.4 is 10.9 Å². The lowest BCUT2D eigenvalue weighted by molar-refractivity contribution is -0.0403. The van der Waals surface area contributed by atoms with Gasteiger partial charge in [-0.1, -0.05) is 36.4 Å². The Kier molecular flexibility index (Phi) is 7.75. The number of hydrazone groups is 2. The molecule has 26 heavy (non-hydrogen) atoms. The van der Waals surface area contributed by atoms with E-state index in [1.807, 2.05) is 60.7 Å². The minimum Gasteiger partial charge on any atom is -0.391 e. The third-order valence-corrected chi connectivity index (χ3v) is 3.60. The Bertz CT molecular complexity index is 705. The zero-order chi connectivity index (χ0) is 18.8. The van der Waals surface area contributed by atoms with Gasteiger partial charge in [-0.05, 0) is 31.2 Å². The highest BCUT2D eigenvalue weighted by Gasteiger charge is 2.27. The van der Waals surface area contributed by atoms with Crippen LogP contribution in [0.25, 0.3) is 0 Å². The number of ether oxygens (including phenoxy) is 1. The number of aliphatic hydroxyl groups is 2. The number of nitrogens with zero attached hydrogens (tertiary/aromatic N) is 2. The average molecular weight is 356 g/mol. The molecule has 0 saturated carbocycles. The van der Waals surface area contributed by atoms with Crippen LogP contribution in [-0.2, 0) is 4.74 Å². The van der Waals surface area contributed by atoms with Gasteiger partial charge in [0.25, 0.3) is 0 Å². The summed E-state index contributed by atoms with van der Waals surface area (Å²) < 4.78 is 5.33. The van der Waals surface area contributed by atoms with Crippen molar-refractivity contribution in [1.82, 2.24) is 0 Å². The van der Waals surface area contributed by atoms with Crippen LogP contribution in [0.5, 0.6) is 0 Å². The van der Waals surface area contributed by atoms with Gasteiger partial charge in [-0.25, -0.2) is 0 Å². The van der Waals surface area contributed by atoms with E-state index in [0.29, 0.717) is 5.71 Å². The van der Waals surface area contributed by atoms with Gasteiger partial charge in [0.05, 0.1) is 23.7 Å². The van der Waals surface area contributed by atoms with Gasteiger partial charge in [-0.15, -0.1) is 0 Å². The summed E-state index contributed by atoms with van der Waals surface area (Å²) >= 11 is 0. The van der Waals surface area contributed by atoms with E-state index in [-0.39, 0.29) is 0 Å². The van der Waals surface area contributed by atoms with Gasteiger partial charge in [0, 0.05) is 7.11 Å². The zero-order valence-corrected chi connectivity index (χ0v) is 14.8. The van der Waals surface area contributed by atoms with Crippen molar-refractivity contribution in [2.75, 3.05) is 18.0 Å². The lowest BCUT2D eigenvalue weighted by Crippen LogP contribution is -2.43. The molecular weight excluding hydrogens is 332 g/mol. The van der Waals surface area contributed by atoms with E-state index in [0.717, 1.165) is 11.4 Å². The van der Waals surface area contributed by atoms with Crippen LogP contribution in [0.1, 0.15) is 6.92 Å². The third-order valence-electron chi connectivity index (χ3n) is 3.60. The fourth-order valence-electron chi connectivity index (χ4n) is 2.18. The molecule has 0 fully saturated rings. The van der Waals surface area contributed by atoms with Crippen LogP contribution in [-0.4, -0.2) is 47.6 Å². The number of hydrogen-bond acceptors (Lipinski definition) is 7. The van der Waals surface area contributed by atoms with Crippen molar-refractivity contribution < 1.29 is 14.9 Å². The summed E-state index contributed by atoms with van der Waals surface area (Å²) in [6.07, 6.45) is -1.55. The molecule has 138 valence electrons. The fraction of sp³-hybridized carbons (Fsp3) is 0.263. The predicted octanol–water partition coefficient (Wildman–Crippen LogP) is 2.31. The molecule has 0 bridgehead atoms. The summed E-state index contributed by atoms with van der Waals surface area (Å²) in [4.78, 5) is 0. The van der Waals surface area contributed by atoms with E-state index in [1.54, 1.807) is 0 Å². The molecule has 0 unspecified atom stereocenters. The second-order valence-corrected chi connectivity index (χ2v) is 5.64. The van der Waals surface area contributed by atoms with E-state index >= 15 is 0 Å². The molecule has 0 aromatic heterocycles. The smallest absolute Gasteiger partial charge is 0.131 e. The lowest BCUT2D eigenvalue weighted by Gasteiger charge is -2.23. The Hall–Kier alpha value is -2.74. The summed E-state index contributed by atoms with van der Waals surface area (Å²) in [5.74, 6) is 0. The van der Waals surface area contributed by atoms with Crippen molar-refractivity contribution in [1.29, 1.82) is 0 Å². The molecule has 4 N–H and O–H groups in total. The molecule has 2 aromatic carbocycles. The number of benzene rings is 2. The number of anilines is 2. The van der Waals surface area contributed by atoms with Crippen molar-refractivity contribution in [2.45, 2.75) is 25.2 Å². The molecular formula is C19H24N4O3. The molecule has 3 atom stereocenters. The Labute approximate surface area is 153 Å². The van der Waals surface area contributed by atoms with Crippen LogP contribution in [0.15, 0.2) is 70.9 Å². The highest BCUT2D eigenvalue weighted by molar-refractivity contribution is 6.33. The first-order valence-electron chi connectivity index (χ1n) is 8.23. The minimum absolute atomic E-state index is 0.327. The van der Waals surface area contributed by atoms with Gasteiger partial charge in [-0.2, -0.15) is 10.2 Å². The Morgan fingerprint density at radius 1 is 0.962 bits per heavy atom.